The first-order valence-electron chi connectivity index (χ1n) is 4.66. The van der Waals surface area contributed by atoms with Crippen LogP contribution in [0.2, 0.25) is 0 Å². The Labute approximate surface area is 145 Å². The van der Waals surface area contributed by atoms with Gasteiger partial charge >= 0.3 is 63.1 Å². The molecule has 0 saturated heterocycles. The number of aliphatic carboxylic acids is 2. The van der Waals surface area contributed by atoms with E-state index in [0.717, 1.165) is 0 Å². The SMILES string of the molecule is O=C(O)CC(O)(CC(=O)OP(=O)(O)OP(=O)(O)O)C(=O)O.[H-].[Na+]. The van der Waals surface area contributed by atoms with Crippen molar-refractivity contribution in [2.45, 2.75) is 18.4 Å². The summed E-state index contributed by atoms with van der Waals surface area (Å²) >= 11 is 0. The zero-order valence-electron chi connectivity index (χ0n) is 11.8. The molecule has 22 heavy (non-hydrogen) atoms. The van der Waals surface area contributed by atoms with Crippen molar-refractivity contribution in [2.24, 2.45) is 0 Å². The van der Waals surface area contributed by atoms with Gasteiger partial charge in [-0.15, -0.1) is 0 Å². The molecule has 0 saturated carbocycles. The molecule has 0 radical (unpaired) electrons. The van der Waals surface area contributed by atoms with E-state index in [-0.39, 0.29) is 31.0 Å². The molecule has 0 bridgehead atoms. The van der Waals surface area contributed by atoms with Crippen LogP contribution in [-0.4, -0.2) is 53.5 Å². The van der Waals surface area contributed by atoms with Crippen LogP contribution in [0.15, 0.2) is 0 Å². The van der Waals surface area contributed by atoms with Gasteiger partial charge in [-0.3, -0.25) is 14.5 Å². The van der Waals surface area contributed by atoms with Gasteiger partial charge in [-0.25, -0.2) is 13.9 Å². The van der Waals surface area contributed by atoms with Crippen molar-refractivity contribution in [3.8, 4) is 0 Å². The topological polar surface area (TPSA) is 225 Å². The number of hydrogen-bond donors (Lipinski definition) is 6. The third-order valence-corrected chi connectivity index (χ3v) is 3.82. The zero-order chi connectivity index (χ0) is 17.1. The summed E-state index contributed by atoms with van der Waals surface area (Å²) in [6, 6.07) is 0. The van der Waals surface area contributed by atoms with Gasteiger partial charge in [-0.05, 0) is 0 Å². The smallest absolute Gasteiger partial charge is 1.00 e. The van der Waals surface area contributed by atoms with E-state index in [1.807, 2.05) is 0 Å². The maximum Gasteiger partial charge on any atom is 1.00 e. The third kappa shape index (κ3) is 9.64. The summed E-state index contributed by atoms with van der Waals surface area (Å²) in [6.07, 6.45) is -3.02. The molecule has 0 aliphatic heterocycles. The number of carboxylic acid groups (broad SMARTS) is 2. The van der Waals surface area contributed by atoms with Gasteiger partial charge in [0.25, 0.3) is 0 Å². The van der Waals surface area contributed by atoms with Crippen molar-refractivity contribution in [3.05, 3.63) is 0 Å². The van der Waals surface area contributed by atoms with Crippen molar-refractivity contribution in [2.75, 3.05) is 0 Å². The Bertz CT molecular complexity index is 545. The number of hydrogen-bond acceptors (Lipinski definition) is 8. The average molecular weight is 376 g/mol. The van der Waals surface area contributed by atoms with Crippen LogP contribution in [0.4, 0.5) is 0 Å². The minimum atomic E-state index is -5.58. The van der Waals surface area contributed by atoms with Crippen LogP contribution in [-0.2, 0) is 32.3 Å². The molecule has 0 aromatic heterocycles. The number of aliphatic hydroxyl groups is 1. The second-order valence-electron chi connectivity index (χ2n) is 3.59. The normalized spacial score (nSPS) is 16.5. The molecule has 0 heterocycles. The molecule has 0 rings (SSSR count). The molecule has 13 nitrogen and oxygen atoms in total. The maximum atomic E-state index is 11.1. The number of phosphoric acid groups is 2. The fraction of sp³-hybridized carbons (Fsp3) is 0.500. The van der Waals surface area contributed by atoms with Gasteiger partial charge in [0.15, 0.2) is 5.60 Å². The first kappa shape index (κ1) is 23.9. The predicted octanol–water partition coefficient (Wildman–Crippen LogP) is -4.46. The van der Waals surface area contributed by atoms with Gasteiger partial charge in [0.1, 0.15) is 0 Å². The fourth-order valence-electron chi connectivity index (χ4n) is 1.01. The van der Waals surface area contributed by atoms with E-state index in [4.69, 9.17) is 24.9 Å². The summed E-state index contributed by atoms with van der Waals surface area (Å²) in [4.78, 5) is 57.5. The number of carboxylic acids is 2. The van der Waals surface area contributed by atoms with Crippen LogP contribution in [0.5, 0.6) is 0 Å². The summed E-state index contributed by atoms with van der Waals surface area (Å²) < 4.78 is 28.1. The van der Waals surface area contributed by atoms with Gasteiger partial charge in [0, 0.05) is 0 Å². The minimum Gasteiger partial charge on any atom is -1.00 e. The standard InChI is InChI=1S/C6H10O13P2.Na.H/c7-3(8)1-6(12,5(10)11)2-4(9)18-21(16,17)19-20(13,14)15;;/h12H,1-2H2,(H,7,8)(H,10,11)(H,16,17)(H2,13,14,15);;/q;+1;-1. The number of carbonyl (C=O) groups is 3. The largest absolute Gasteiger partial charge is 1.00 e. The van der Waals surface area contributed by atoms with E-state index < -0.39 is 52.0 Å². The molecule has 124 valence electrons. The second kappa shape index (κ2) is 8.50. The molecule has 0 spiro atoms. The Morgan fingerprint density at radius 3 is 1.82 bits per heavy atom. The maximum absolute atomic E-state index is 11.1. The summed E-state index contributed by atoms with van der Waals surface area (Å²) in [5, 5.41) is 26.4. The Balaban J connectivity index is -0.00000200. The van der Waals surface area contributed by atoms with E-state index >= 15 is 0 Å². The van der Waals surface area contributed by atoms with Crippen LogP contribution >= 0.6 is 15.6 Å². The first-order valence-corrected chi connectivity index (χ1v) is 7.69. The van der Waals surface area contributed by atoms with Crippen molar-refractivity contribution in [3.63, 3.8) is 0 Å². The average Bonchev–Trinajstić information content (AvgIpc) is 2.08. The molecule has 16 heteroatoms. The Kier molecular flexibility index (Phi) is 9.25. The summed E-state index contributed by atoms with van der Waals surface area (Å²) in [5.41, 5.74) is -3.15. The van der Waals surface area contributed by atoms with E-state index in [1.165, 1.54) is 0 Å². The molecular weight excluding hydrogens is 365 g/mol. The number of rotatable bonds is 8. The van der Waals surface area contributed by atoms with E-state index in [1.54, 1.807) is 0 Å². The molecule has 0 aliphatic carbocycles. The van der Waals surface area contributed by atoms with Crippen molar-refractivity contribution < 1.29 is 93.3 Å². The number of phosphoric ester groups is 1. The quantitative estimate of drug-likeness (QED) is 0.174. The molecule has 0 aromatic carbocycles. The van der Waals surface area contributed by atoms with Crippen LogP contribution < -0.4 is 29.6 Å². The Morgan fingerprint density at radius 1 is 1.05 bits per heavy atom. The van der Waals surface area contributed by atoms with Crippen molar-refractivity contribution in [1.82, 2.24) is 0 Å². The summed E-state index contributed by atoms with van der Waals surface area (Å²) in [7, 11) is -11.1. The van der Waals surface area contributed by atoms with Gasteiger partial charge < -0.3 is 31.1 Å². The molecule has 0 fully saturated rings. The molecular formula is C6H11NaO13P2. The van der Waals surface area contributed by atoms with Crippen molar-refractivity contribution >= 4 is 33.6 Å². The van der Waals surface area contributed by atoms with Crippen LogP contribution in [0.1, 0.15) is 14.3 Å². The zero-order valence-corrected chi connectivity index (χ0v) is 14.6. The first-order chi connectivity index (χ1) is 9.17. The molecule has 0 aliphatic rings. The van der Waals surface area contributed by atoms with E-state index in [9.17, 15) is 28.6 Å². The Hall–Kier alpha value is -0.330. The van der Waals surface area contributed by atoms with E-state index in [2.05, 4.69) is 8.83 Å². The van der Waals surface area contributed by atoms with Crippen LogP contribution in [0.25, 0.3) is 0 Å². The number of carbonyl (C=O) groups excluding carboxylic acids is 1. The monoisotopic (exact) mass is 376 g/mol. The molecule has 0 amide bonds. The fourth-order valence-corrected chi connectivity index (χ4v) is 2.55. The van der Waals surface area contributed by atoms with Crippen LogP contribution in [0, 0.1) is 0 Å². The van der Waals surface area contributed by atoms with Gasteiger partial charge in [-0.1, -0.05) is 0 Å². The van der Waals surface area contributed by atoms with Gasteiger partial charge in [0.2, 0.25) is 0 Å². The minimum absolute atomic E-state index is 0. The van der Waals surface area contributed by atoms with Crippen molar-refractivity contribution in [1.29, 1.82) is 0 Å². The van der Waals surface area contributed by atoms with E-state index in [0.29, 0.717) is 0 Å². The second-order valence-corrected chi connectivity index (χ2v) is 6.34. The molecule has 6 N–H and O–H groups in total. The summed E-state index contributed by atoms with van der Waals surface area (Å²) in [6.45, 7) is 0. The summed E-state index contributed by atoms with van der Waals surface area (Å²) in [5.74, 6) is -5.86. The van der Waals surface area contributed by atoms with Crippen LogP contribution in [0.3, 0.4) is 0 Å². The van der Waals surface area contributed by atoms with Gasteiger partial charge in [-0.2, -0.15) is 4.31 Å². The molecule has 2 unspecified atom stereocenters. The third-order valence-electron chi connectivity index (χ3n) is 1.71. The van der Waals surface area contributed by atoms with Gasteiger partial charge in [0.05, 0.1) is 12.8 Å². The molecule has 2 atom stereocenters. The predicted molar refractivity (Wildman–Crippen MR) is 59.6 cm³/mol. The molecule has 0 aromatic rings. The Morgan fingerprint density at radius 2 is 1.50 bits per heavy atom.